The molecule has 1 heterocycles. The third-order valence-corrected chi connectivity index (χ3v) is 2.36. The second-order valence-corrected chi connectivity index (χ2v) is 3.18. The van der Waals surface area contributed by atoms with Crippen LogP contribution in [0.2, 0.25) is 0 Å². The number of thiazole rings is 1. The first kappa shape index (κ1) is 7.52. The number of fused-ring (bicyclic) bond motifs is 1. The van der Waals surface area contributed by atoms with Crippen molar-refractivity contribution in [3.63, 3.8) is 0 Å². The van der Waals surface area contributed by atoms with Crippen molar-refractivity contribution < 1.29 is 4.74 Å². The van der Waals surface area contributed by atoms with E-state index in [1.165, 1.54) is 4.70 Å². The lowest BCUT2D eigenvalue weighted by molar-refractivity contribution is 0.330. The molecule has 4 heteroatoms. The van der Waals surface area contributed by atoms with Crippen LogP contribution >= 0.6 is 11.3 Å². The van der Waals surface area contributed by atoms with Gasteiger partial charge in [-0.1, -0.05) is 0 Å². The van der Waals surface area contributed by atoms with Crippen LogP contribution in [0.4, 0.5) is 0 Å². The van der Waals surface area contributed by atoms with Crippen molar-refractivity contribution in [2.24, 2.45) is 5.73 Å². The Balaban J connectivity index is 2.46. The quantitative estimate of drug-likeness (QED) is 0.714. The van der Waals surface area contributed by atoms with Gasteiger partial charge < -0.3 is 4.74 Å². The van der Waals surface area contributed by atoms with Gasteiger partial charge in [0.1, 0.15) is 12.5 Å². The van der Waals surface area contributed by atoms with Crippen LogP contribution < -0.4 is 10.5 Å². The first-order valence-electron chi connectivity index (χ1n) is 3.56. The molecule has 2 N–H and O–H groups in total. The molecule has 0 aliphatic carbocycles. The summed E-state index contributed by atoms with van der Waals surface area (Å²) < 4.78 is 6.29. The molecule has 2 rings (SSSR count). The van der Waals surface area contributed by atoms with Crippen molar-refractivity contribution in [2.75, 3.05) is 6.73 Å². The van der Waals surface area contributed by atoms with Gasteiger partial charge in [0.25, 0.3) is 0 Å². The number of aromatic nitrogens is 1. The van der Waals surface area contributed by atoms with Crippen molar-refractivity contribution in [1.29, 1.82) is 0 Å². The molecule has 0 fully saturated rings. The van der Waals surface area contributed by atoms with Gasteiger partial charge in [-0.25, -0.2) is 4.98 Å². The molecule has 0 aliphatic rings. The molecule has 2 aromatic rings. The maximum Gasteiger partial charge on any atom is 0.137 e. The number of benzene rings is 1. The molecule has 12 heavy (non-hydrogen) atoms. The molecule has 0 amide bonds. The van der Waals surface area contributed by atoms with Gasteiger partial charge in [0, 0.05) is 6.07 Å². The molecule has 0 spiro atoms. The molecular weight excluding hydrogens is 172 g/mol. The largest absolute Gasteiger partial charge is 0.479 e. The van der Waals surface area contributed by atoms with E-state index in [0.29, 0.717) is 0 Å². The summed E-state index contributed by atoms with van der Waals surface area (Å²) in [5.74, 6) is 0.774. The van der Waals surface area contributed by atoms with Gasteiger partial charge in [-0.3, -0.25) is 5.73 Å². The zero-order valence-corrected chi connectivity index (χ0v) is 7.17. The van der Waals surface area contributed by atoms with Crippen LogP contribution in [0.25, 0.3) is 10.2 Å². The van der Waals surface area contributed by atoms with E-state index < -0.39 is 0 Å². The maximum absolute atomic E-state index is 5.24. The standard InChI is InChI=1S/C8H8N2OS/c9-4-11-6-1-2-8-7(3-6)10-5-12-8/h1-3,5H,4,9H2. The minimum Gasteiger partial charge on any atom is -0.479 e. The number of ether oxygens (including phenoxy) is 1. The van der Waals surface area contributed by atoms with E-state index in [0.717, 1.165) is 11.3 Å². The Labute approximate surface area is 73.8 Å². The fourth-order valence-electron chi connectivity index (χ4n) is 1.02. The summed E-state index contributed by atoms with van der Waals surface area (Å²) in [6.07, 6.45) is 0. The number of rotatable bonds is 2. The molecule has 1 aromatic carbocycles. The van der Waals surface area contributed by atoms with Gasteiger partial charge in [0.15, 0.2) is 0 Å². The van der Waals surface area contributed by atoms with Gasteiger partial charge in [0.05, 0.1) is 15.7 Å². The molecule has 0 saturated carbocycles. The van der Waals surface area contributed by atoms with Crippen molar-refractivity contribution in [1.82, 2.24) is 4.98 Å². The lowest BCUT2D eigenvalue weighted by atomic mass is 10.3. The summed E-state index contributed by atoms with van der Waals surface area (Å²) in [5, 5.41) is 0. The Morgan fingerprint density at radius 2 is 2.42 bits per heavy atom. The highest BCUT2D eigenvalue weighted by Crippen LogP contribution is 2.22. The Kier molecular flexibility index (Phi) is 1.93. The lowest BCUT2D eigenvalue weighted by Gasteiger charge is -2.00. The third-order valence-electron chi connectivity index (χ3n) is 1.55. The van der Waals surface area contributed by atoms with Gasteiger partial charge in [-0.05, 0) is 12.1 Å². The minimum atomic E-state index is 0.204. The van der Waals surface area contributed by atoms with Crippen LogP contribution in [-0.2, 0) is 0 Å². The van der Waals surface area contributed by atoms with Gasteiger partial charge >= 0.3 is 0 Å². The van der Waals surface area contributed by atoms with E-state index >= 15 is 0 Å². The van der Waals surface area contributed by atoms with E-state index in [9.17, 15) is 0 Å². The van der Waals surface area contributed by atoms with Crippen LogP contribution in [0.15, 0.2) is 23.7 Å². The predicted molar refractivity (Wildman–Crippen MR) is 49.3 cm³/mol. The van der Waals surface area contributed by atoms with Crippen LogP contribution in [0.3, 0.4) is 0 Å². The van der Waals surface area contributed by atoms with E-state index in [2.05, 4.69) is 4.98 Å². The summed E-state index contributed by atoms with van der Waals surface area (Å²) in [6, 6.07) is 5.77. The van der Waals surface area contributed by atoms with E-state index in [1.807, 2.05) is 23.7 Å². The van der Waals surface area contributed by atoms with Gasteiger partial charge in [-0.15, -0.1) is 11.3 Å². The van der Waals surface area contributed by atoms with Crippen LogP contribution in [0.1, 0.15) is 0 Å². The van der Waals surface area contributed by atoms with E-state index in [-0.39, 0.29) is 6.73 Å². The number of hydrogen-bond donors (Lipinski definition) is 1. The van der Waals surface area contributed by atoms with Crippen molar-refractivity contribution in [3.8, 4) is 5.75 Å². The Hall–Kier alpha value is -1.13. The van der Waals surface area contributed by atoms with Gasteiger partial charge in [-0.2, -0.15) is 0 Å². The summed E-state index contributed by atoms with van der Waals surface area (Å²) in [6.45, 7) is 0.204. The summed E-state index contributed by atoms with van der Waals surface area (Å²) in [4.78, 5) is 4.16. The normalized spacial score (nSPS) is 10.4. The maximum atomic E-state index is 5.24. The number of hydrogen-bond acceptors (Lipinski definition) is 4. The molecule has 0 aliphatic heterocycles. The topological polar surface area (TPSA) is 48.1 Å². The lowest BCUT2D eigenvalue weighted by Crippen LogP contribution is -2.06. The zero-order valence-electron chi connectivity index (χ0n) is 6.36. The van der Waals surface area contributed by atoms with Crippen molar-refractivity contribution >= 4 is 21.6 Å². The highest BCUT2D eigenvalue weighted by atomic mass is 32.1. The highest BCUT2D eigenvalue weighted by molar-refractivity contribution is 7.16. The fourth-order valence-corrected chi connectivity index (χ4v) is 1.68. The molecule has 3 nitrogen and oxygen atoms in total. The molecule has 0 bridgehead atoms. The first-order valence-corrected chi connectivity index (χ1v) is 4.44. The predicted octanol–water partition coefficient (Wildman–Crippen LogP) is 1.59. The Morgan fingerprint density at radius 1 is 1.50 bits per heavy atom. The molecule has 0 unspecified atom stereocenters. The third kappa shape index (κ3) is 1.26. The van der Waals surface area contributed by atoms with Crippen molar-refractivity contribution in [2.45, 2.75) is 0 Å². The SMILES string of the molecule is NCOc1ccc2scnc2c1. The monoisotopic (exact) mass is 180 g/mol. The molecule has 0 saturated heterocycles. The van der Waals surface area contributed by atoms with Crippen LogP contribution in [-0.4, -0.2) is 11.7 Å². The number of nitrogens with two attached hydrogens (primary N) is 1. The first-order chi connectivity index (χ1) is 5.90. The second kappa shape index (κ2) is 3.08. The van der Waals surface area contributed by atoms with Crippen molar-refractivity contribution in [3.05, 3.63) is 23.7 Å². The summed E-state index contributed by atoms with van der Waals surface area (Å²) in [7, 11) is 0. The average Bonchev–Trinajstić information content (AvgIpc) is 2.51. The molecule has 0 radical (unpaired) electrons. The summed E-state index contributed by atoms with van der Waals surface area (Å²) in [5.41, 5.74) is 8.02. The van der Waals surface area contributed by atoms with E-state index in [4.69, 9.17) is 10.5 Å². The molecule has 0 atom stereocenters. The minimum absolute atomic E-state index is 0.204. The smallest absolute Gasteiger partial charge is 0.137 e. The van der Waals surface area contributed by atoms with Crippen LogP contribution in [0, 0.1) is 0 Å². The highest BCUT2D eigenvalue weighted by Gasteiger charge is 1.97. The molecular formula is C8H8N2OS. The van der Waals surface area contributed by atoms with Crippen LogP contribution in [0.5, 0.6) is 5.75 Å². The molecule has 1 aromatic heterocycles. The molecule has 62 valence electrons. The Bertz CT molecular complexity index is 385. The number of nitrogens with zero attached hydrogens (tertiary/aromatic N) is 1. The van der Waals surface area contributed by atoms with E-state index in [1.54, 1.807) is 11.3 Å². The van der Waals surface area contributed by atoms with Gasteiger partial charge in [0.2, 0.25) is 0 Å². The average molecular weight is 180 g/mol. The fraction of sp³-hybridized carbons (Fsp3) is 0.125. The Morgan fingerprint density at radius 3 is 3.25 bits per heavy atom. The zero-order chi connectivity index (χ0) is 8.39. The second-order valence-electron chi connectivity index (χ2n) is 2.29. The summed E-state index contributed by atoms with van der Waals surface area (Å²) >= 11 is 1.62.